The maximum absolute atomic E-state index is 13.0. The van der Waals surface area contributed by atoms with Gasteiger partial charge in [0.2, 0.25) is 0 Å². The first-order valence-corrected chi connectivity index (χ1v) is 13.1. The van der Waals surface area contributed by atoms with Crippen LogP contribution in [0.25, 0.3) is 6.08 Å². The number of carbonyl (C=O) groups excluding carboxylic acids is 2. The lowest BCUT2D eigenvalue weighted by Gasteiger charge is -2.15. The highest BCUT2D eigenvalue weighted by Gasteiger charge is 2.34. The second-order valence-corrected chi connectivity index (χ2v) is 10.7. The Labute approximate surface area is 231 Å². The van der Waals surface area contributed by atoms with E-state index in [4.69, 9.17) is 33.3 Å². The SMILES string of the molecule is COc1cc(/C=C2\SC(=S)N(NC(=O)c3ccc(Cl)cc3)C2=O)cc(Br)c1OCc1ccccc1C. The van der Waals surface area contributed by atoms with Crippen molar-refractivity contribution < 1.29 is 19.1 Å². The quantitative estimate of drug-likeness (QED) is 0.244. The molecule has 10 heteroatoms. The van der Waals surface area contributed by atoms with Gasteiger partial charge in [0.05, 0.1) is 16.5 Å². The number of hydrogen-bond donors (Lipinski definition) is 1. The number of thioether (sulfide) groups is 1. The summed E-state index contributed by atoms with van der Waals surface area (Å²) in [5.41, 5.74) is 5.81. The molecule has 0 bridgehead atoms. The zero-order chi connectivity index (χ0) is 25.8. The van der Waals surface area contributed by atoms with Crippen molar-refractivity contribution in [3.05, 3.63) is 97.3 Å². The van der Waals surface area contributed by atoms with Crippen LogP contribution in [0.3, 0.4) is 0 Å². The molecule has 1 aliphatic rings. The highest BCUT2D eigenvalue weighted by Crippen LogP contribution is 2.39. The van der Waals surface area contributed by atoms with Crippen molar-refractivity contribution in [2.45, 2.75) is 13.5 Å². The van der Waals surface area contributed by atoms with Crippen LogP contribution in [0.15, 0.2) is 70.0 Å². The average molecular weight is 604 g/mol. The van der Waals surface area contributed by atoms with Crippen LogP contribution in [0.5, 0.6) is 11.5 Å². The molecule has 1 aliphatic heterocycles. The Bertz CT molecular complexity index is 1380. The van der Waals surface area contributed by atoms with Crippen LogP contribution >= 0.6 is 51.5 Å². The number of nitrogens with one attached hydrogen (secondary N) is 1. The Morgan fingerprint density at radius 1 is 1.19 bits per heavy atom. The third-order valence-electron chi connectivity index (χ3n) is 5.30. The smallest absolute Gasteiger partial charge is 0.285 e. The summed E-state index contributed by atoms with van der Waals surface area (Å²) in [7, 11) is 1.55. The monoisotopic (exact) mass is 602 g/mol. The Morgan fingerprint density at radius 2 is 1.92 bits per heavy atom. The number of carbonyl (C=O) groups is 2. The second kappa shape index (κ2) is 11.5. The number of amides is 2. The largest absolute Gasteiger partial charge is 0.493 e. The fourth-order valence-electron chi connectivity index (χ4n) is 3.37. The standard InChI is InChI=1S/C26H20BrClN2O4S2/c1-15-5-3-4-6-18(15)14-34-23-20(27)11-16(12-21(23)33-2)13-22-25(32)30(26(35)36-22)29-24(31)17-7-9-19(28)10-8-17/h3-13H,14H2,1-2H3,(H,29,31)/b22-13-. The normalized spacial score (nSPS) is 14.3. The number of hydrogen-bond acceptors (Lipinski definition) is 6. The third-order valence-corrected chi connectivity index (χ3v) is 7.44. The number of nitrogens with zero attached hydrogens (tertiary/aromatic N) is 1. The first-order chi connectivity index (χ1) is 17.3. The van der Waals surface area contributed by atoms with Gasteiger partial charge in [-0.15, -0.1) is 0 Å². The minimum Gasteiger partial charge on any atom is -0.493 e. The molecule has 0 spiro atoms. The summed E-state index contributed by atoms with van der Waals surface area (Å²) in [4.78, 5) is 25.9. The van der Waals surface area contributed by atoms with Crippen molar-refractivity contribution in [3.8, 4) is 11.5 Å². The molecule has 184 valence electrons. The van der Waals surface area contributed by atoms with Crippen LogP contribution in [0.2, 0.25) is 5.02 Å². The van der Waals surface area contributed by atoms with Crippen molar-refractivity contribution in [3.63, 3.8) is 0 Å². The summed E-state index contributed by atoms with van der Waals surface area (Å²) in [6, 6.07) is 17.9. The Morgan fingerprint density at radius 3 is 2.61 bits per heavy atom. The van der Waals surface area contributed by atoms with E-state index in [9.17, 15) is 9.59 Å². The molecule has 4 rings (SSSR count). The lowest BCUT2D eigenvalue weighted by atomic mass is 10.1. The number of aryl methyl sites for hydroxylation is 1. The van der Waals surface area contributed by atoms with E-state index in [0.717, 1.165) is 27.9 Å². The van der Waals surface area contributed by atoms with Crippen LogP contribution in [-0.4, -0.2) is 28.3 Å². The van der Waals surface area contributed by atoms with E-state index in [1.165, 1.54) is 0 Å². The van der Waals surface area contributed by atoms with Crippen LogP contribution in [0.1, 0.15) is 27.0 Å². The van der Waals surface area contributed by atoms with Gasteiger partial charge < -0.3 is 9.47 Å². The molecule has 1 heterocycles. The van der Waals surface area contributed by atoms with Crippen molar-refractivity contribution in [1.82, 2.24) is 10.4 Å². The van der Waals surface area contributed by atoms with Crippen LogP contribution in [0.4, 0.5) is 0 Å². The molecule has 1 saturated heterocycles. The number of methoxy groups -OCH3 is 1. The Hall–Kier alpha value is -2.85. The molecule has 36 heavy (non-hydrogen) atoms. The molecule has 3 aromatic carbocycles. The van der Waals surface area contributed by atoms with Crippen molar-refractivity contribution >= 4 is 73.7 Å². The highest BCUT2D eigenvalue weighted by molar-refractivity contribution is 9.10. The minimum absolute atomic E-state index is 0.220. The lowest BCUT2D eigenvalue weighted by Crippen LogP contribution is -2.44. The predicted octanol–water partition coefficient (Wildman–Crippen LogP) is 6.54. The van der Waals surface area contributed by atoms with Crippen molar-refractivity contribution in [2.75, 3.05) is 7.11 Å². The minimum atomic E-state index is -0.469. The first kappa shape index (κ1) is 26.2. The molecule has 2 amide bonds. The van der Waals surface area contributed by atoms with Gasteiger partial charge in [0.1, 0.15) is 6.61 Å². The van der Waals surface area contributed by atoms with E-state index in [0.29, 0.717) is 43.6 Å². The van der Waals surface area contributed by atoms with Gasteiger partial charge in [-0.3, -0.25) is 15.0 Å². The molecule has 3 aromatic rings. The average Bonchev–Trinajstić information content (AvgIpc) is 3.11. The molecule has 0 radical (unpaired) electrons. The maximum Gasteiger partial charge on any atom is 0.285 e. The van der Waals surface area contributed by atoms with Gasteiger partial charge in [0, 0.05) is 10.6 Å². The fourth-order valence-corrected chi connectivity index (χ4v) is 5.25. The zero-order valence-corrected chi connectivity index (χ0v) is 23.2. The van der Waals surface area contributed by atoms with Crippen LogP contribution < -0.4 is 14.9 Å². The lowest BCUT2D eigenvalue weighted by molar-refractivity contribution is -0.123. The Kier molecular flexibility index (Phi) is 8.35. The first-order valence-electron chi connectivity index (χ1n) is 10.7. The second-order valence-electron chi connectivity index (χ2n) is 7.71. The number of ether oxygens (including phenoxy) is 2. The van der Waals surface area contributed by atoms with Gasteiger partial charge >= 0.3 is 0 Å². The number of hydrazine groups is 1. The summed E-state index contributed by atoms with van der Waals surface area (Å²) >= 11 is 15.8. The maximum atomic E-state index is 13.0. The topological polar surface area (TPSA) is 67.9 Å². The van der Waals surface area contributed by atoms with E-state index in [1.807, 2.05) is 37.3 Å². The van der Waals surface area contributed by atoms with E-state index in [2.05, 4.69) is 21.4 Å². The number of thiocarbonyl (C=S) groups is 1. The van der Waals surface area contributed by atoms with E-state index in [-0.39, 0.29) is 4.32 Å². The van der Waals surface area contributed by atoms with Crippen molar-refractivity contribution in [2.24, 2.45) is 0 Å². The molecule has 6 nitrogen and oxygen atoms in total. The van der Waals surface area contributed by atoms with E-state index in [1.54, 1.807) is 43.5 Å². The van der Waals surface area contributed by atoms with E-state index >= 15 is 0 Å². The van der Waals surface area contributed by atoms with Gasteiger partial charge in [0.15, 0.2) is 15.8 Å². The number of rotatable bonds is 7. The molecule has 0 aromatic heterocycles. The zero-order valence-electron chi connectivity index (χ0n) is 19.2. The van der Waals surface area contributed by atoms with Gasteiger partial charge in [-0.1, -0.05) is 47.6 Å². The molecule has 0 atom stereocenters. The summed E-state index contributed by atoms with van der Waals surface area (Å²) in [5, 5.41) is 1.57. The fraction of sp³-hybridized carbons (Fsp3) is 0.115. The van der Waals surface area contributed by atoms with Crippen LogP contribution in [-0.2, 0) is 11.4 Å². The molecule has 1 N–H and O–H groups in total. The Balaban J connectivity index is 1.51. The molecule has 0 saturated carbocycles. The van der Waals surface area contributed by atoms with Crippen LogP contribution in [0, 0.1) is 6.92 Å². The predicted molar refractivity (Wildman–Crippen MR) is 150 cm³/mol. The summed E-state index contributed by atoms with van der Waals surface area (Å²) in [5.74, 6) is 0.169. The molecule has 1 fully saturated rings. The number of halogens is 2. The highest BCUT2D eigenvalue weighted by atomic mass is 79.9. The van der Waals surface area contributed by atoms with Gasteiger partial charge in [-0.2, -0.15) is 5.01 Å². The third kappa shape index (κ3) is 5.92. The van der Waals surface area contributed by atoms with Gasteiger partial charge in [0.25, 0.3) is 11.8 Å². The van der Waals surface area contributed by atoms with Crippen molar-refractivity contribution in [1.29, 1.82) is 0 Å². The summed E-state index contributed by atoms with van der Waals surface area (Å²) in [6.45, 7) is 2.41. The molecule has 0 aliphatic carbocycles. The van der Waals surface area contributed by atoms with E-state index < -0.39 is 11.8 Å². The van der Waals surface area contributed by atoms with Gasteiger partial charge in [-0.05, 0) is 94.2 Å². The van der Waals surface area contributed by atoms with Gasteiger partial charge in [-0.25, -0.2) is 0 Å². The molecule has 0 unspecified atom stereocenters. The molecular formula is C26H20BrClN2O4S2. The summed E-state index contributed by atoms with van der Waals surface area (Å²) < 4.78 is 12.5. The number of benzene rings is 3. The molecular weight excluding hydrogens is 584 g/mol. The summed E-state index contributed by atoms with van der Waals surface area (Å²) in [6.07, 6.45) is 1.69.